The van der Waals surface area contributed by atoms with E-state index in [0.717, 1.165) is 17.0 Å². The predicted molar refractivity (Wildman–Crippen MR) is 139 cm³/mol. The molecule has 1 aliphatic heterocycles. The highest BCUT2D eigenvalue weighted by Crippen LogP contribution is 2.42. The van der Waals surface area contributed by atoms with Crippen molar-refractivity contribution in [3.63, 3.8) is 0 Å². The van der Waals surface area contributed by atoms with Crippen LogP contribution >= 0.6 is 11.6 Å². The molecule has 4 rings (SSSR count). The maximum absolute atomic E-state index is 13.2. The van der Waals surface area contributed by atoms with Crippen LogP contribution in [0.15, 0.2) is 71.1 Å². The Morgan fingerprint density at radius 1 is 1.06 bits per heavy atom. The summed E-state index contributed by atoms with van der Waals surface area (Å²) in [4.78, 5) is 28.0. The van der Waals surface area contributed by atoms with Gasteiger partial charge in [0.05, 0.1) is 0 Å². The number of piperidine rings is 1. The van der Waals surface area contributed by atoms with Gasteiger partial charge in [-0.25, -0.2) is 0 Å². The van der Waals surface area contributed by atoms with Crippen molar-refractivity contribution in [1.29, 1.82) is 0 Å². The summed E-state index contributed by atoms with van der Waals surface area (Å²) < 4.78 is 5.77. The zero-order chi connectivity index (χ0) is 25.2. The van der Waals surface area contributed by atoms with E-state index in [-0.39, 0.29) is 29.4 Å². The lowest BCUT2D eigenvalue weighted by Gasteiger charge is -2.45. The quantitative estimate of drug-likeness (QED) is 0.425. The number of nitrogens with zero attached hydrogens (tertiary/aromatic N) is 1. The maximum atomic E-state index is 13.2. The van der Waals surface area contributed by atoms with Gasteiger partial charge in [0, 0.05) is 35.6 Å². The van der Waals surface area contributed by atoms with Crippen LogP contribution in [-0.2, 0) is 4.79 Å². The lowest BCUT2D eigenvalue weighted by molar-refractivity contribution is -0.136. The number of amides is 2. The van der Waals surface area contributed by atoms with Gasteiger partial charge >= 0.3 is 0 Å². The van der Waals surface area contributed by atoms with Crippen LogP contribution in [0.3, 0.4) is 0 Å². The fourth-order valence-electron chi connectivity index (χ4n) is 5.00. The molecule has 1 saturated heterocycles. The fourth-order valence-corrected chi connectivity index (χ4v) is 5.13. The van der Waals surface area contributed by atoms with Gasteiger partial charge in [0.15, 0.2) is 5.76 Å². The Bertz CT molecular complexity index is 1180. The van der Waals surface area contributed by atoms with E-state index >= 15 is 0 Å². The largest absolute Gasteiger partial charge is 0.451 e. The van der Waals surface area contributed by atoms with Crippen molar-refractivity contribution in [2.75, 3.05) is 13.1 Å². The highest BCUT2D eigenvalue weighted by molar-refractivity contribution is 6.30. The molecular formula is C29H33ClN2O3. The van der Waals surface area contributed by atoms with Crippen molar-refractivity contribution in [3.05, 3.63) is 83.1 Å². The lowest BCUT2D eigenvalue weighted by Crippen LogP contribution is -2.51. The van der Waals surface area contributed by atoms with Crippen LogP contribution < -0.4 is 5.32 Å². The highest BCUT2D eigenvalue weighted by atomic mass is 35.5. The van der Waals surface area contributed by atoms with Gasteiger partial charge in [-0.2, -0.15) is 0 Å². The normalized spacial score (nSPS) is 17.7. The van der Waals surface area contributed by atoms with Crippen LogP contribution in [0.4, 0.5) is 0 Å². The molecule has 5 nitrogen and oxygen atoms in total. The van der Waals surface area contributed by atoms with Gasteiger partial charge in [-0.3, -0.25) is 9.59 Å². The summed E-state index contributed by atoms with van der Waals surface area (Å²) in [5.41, 5.74) is 1.38. The topological polar surface area (TPSA) is 62.6 Å². The van der Waals surface area contributed by atoms with Crippen LogP contribution in [-0.4, -0.2) is 35.3 Å². The highest BCUT2D eigenvalue weighted by Gasteiger charge is 2.39. The molecule has 2 aromatic carbocycles. The minimum atomic E-state index is -0.717. The molecular weight excluding hydrogens is 460 g/mol. The molecule has 1 unspecified atom stereocenters. The van der Waals surface area contributed by atoms with E-state index in [4.69, 9.17) is 16.0 Å². The second kappa shape index (κ2) is 9.90. The first-order chi connectivity index (χ1) is 16.5. The first-order valence-corrected chi connectivity index (χ1v) is 12.4. The SMILES string of the molecule is CC(C)(CC(=O)N1CCC(c2ccc(Cl)cc2)C(C)(C)C1)NC(=O)c1ccc(-c2ccccc2)o1. The Balaban J connectivity index is 1.36. The lowest BCUT2D eigenvalue weighted by atomic mass is 9.70. The van der Waals surface area contributed by atoms with Gasteiger partial charge < -0.3 is 14.6 Å². The van der Waals surface area contributed by atoms with Crippen molar-refractivity contribution in [2.24, 2.45) is 5.41 Å². The number of halogens is 1. The Kier molecular flexibility index (Phi) is 7.09. The number of carbonyl (C=O) groups excluding carboxylic acids is 2. The van der Waals surface area contributed by atoms with E-state index in [2.05, 4.69) is 31.3 Å². The molecule has 3 aromatic rings. The van der Waals surface area contributed by atoms with Crippen LogP contribution in [0.25, 0.3) is 11.3 Å². The zero-order valence-electron chi connectivity index (χ0n) is 20.8. The van der Waals surface area contributed by atoms with E-state index in [1.165, 1.54) is 5.56 Å². The number of hydrogen-bond acceptors (Lipinski definition) is 3. The van der Waals surface area contributed by atoms with Gasteiger partial charge in [-0.05, 0) is 61.4 Å². The summed E-state index contributed by atoms with van der Waals surface area (Å²) in [6, 6.07) is 21.1. The molecule has 2 amide bonds. The number of benzene rings is 2. The molecule has 35 heavy (non-hydrogen) atoms. The summed E-state index contributed by atoms with van der Waals surface area (Å²) in [5.74, 6) is 0.938. The first-order valence-electron chi connectivity index (χ1n) is 12.1. The molecule has 6 heteroatoms. The average Bonchev–Trinajstić information content (AvgIpc) is 3.30. The number of furan rings is 1. The third kappa shape index (κ3) is 5.96. The smallest absolute Gasteiger partial charge is 0.287 e. The maximum Gasteiger partial charge on any atom is 0.287 e. The summed E-state index contributed by atoms with van der Waals surface area (Å²) in [5, 5.41) is 3.71. The Hall–Kier alpha value is -3.05. The third-order valence-corrected chi connectivity index (χ3v) is 7.04. The Morgan fingerprint density at radius 2 is 1.74 bits per heavy atom. The predicted octanol–water partition coefficient (Wildman–Crippen LogP) is 6.54. The molecule has 0 saturated carbocycles. The van der Waals surface area contributed by atoms with Crippen molar-refractivity contribution < 1.29 is 14.0 Å². The zero-order valence-corrected chi connectivity index (χ0v) is 21.6. The van der Waals surface area contributed by atoms with Crippen LogP contribution in [0, 0.1) is 5.41 Å². The van der Waals surface area contributed by atoms with Crippen molar-refractivity contribution in [3.8, 4) is 11.3 Å². The monoisotopic (exact) mass is 492 g/mol. The molecule has 0 bridgehead atoms. The minimum Gasteiger partial charge on any atom is -0.451 e. The average molecular weight is 493 g/mol. The Morgan fingerprint density at radius 3 is 2.40 bits per heavy atom. The summed E-state index contributed by atoms with van der Waals surface area (Å²) >= 11 is 6.06. The fraction of sp³-hybridized carbons (Fsp3) is 0.379. The van der Waals surface area contributed by atoms with Gasteiger partial charge in [0.2, 0.25) is 5.91 Å². The van der Waals surface area contributed by atoms with Crippen molar-refractivity contribution in [1.82, 2.24) is 10.2 Å². The molecule has 1 aliphatic rings. The van der Waals surface area contributed by atoms with Crippen molar-refractivity contribution in [2.45, 2.75) is 52.0 Å². The molecule has 1 N–H and O–H groups in total. The van der Waals surface area contributed by atoms with E-state index in [1.807, 2.05) is 61.2 Å². The van der Waals surface area contributed by atoms with Gasteiger partial charge in [0.1, 0.15) is 5.76 Å². The number of rotatable bonds is 6. The Labute approximate surface area is 212 Å². The molecule has 1 aromatic heterocycles. The first kappa shape index (κ1) is 25.1. The van der Waals surface area contributed by atoms with Crippen LogP contribution in [0.1, 0.15) is 62.6 Å². The van der Waals surface area contributed by atoms with Gasteiger partial charge in [-0.15, -0.1) is 0 Å². The second-order valence-corrected chi connectivity index (χ2v) is 11.2. The number of likely N-dealkylation sites (tertiary alicyclic amines) is 1. The summed E-state index contributed by atoms with van der Waals surface area (Å²) in [6.07, 6.45) is 1.11. The van der Waals surface area contributed by atoms with E-state index in [9.17, 15) is 9.59 Å². The van der Waals surface area contributed by atoms with E-state index in [1.54, 1.807) is 12.1 Å². The molecule has 0 aliphatic carbocycles. The molecule has 0 spiro atoms. The van der Waals surface area contributed by atoms with E-state index < -0.39 is 5.54 Å². The molecule has 0 radical (unpaired) electrons. The van der Waals surface area contributed by atoms with Gasteiger partial charge in [0.25, 0.3) is 5.91 Å². The number of carbonyl (C=O) groups is 2. The minimum absolute atomic E-state index is 0.0438. The molecule has 184 valence electrons. The van der Waals surface area contributed by atoms with Crippen LogP contribution in [0.2, 0.25) is 5.02 Å². The third-order valence-electron chi connectivity index (χ3n) is 6.79. The summed E-state index contributed by atoms with van der Waals surface area (Å²) in [7, 11) is 0. The second-order valence-electron chi connectivity index (χ2n) is 10.7. The molecule has 1 fully saturated rings. The van der Waals surface area contributed by atoms with Crippen LogP contribution in [0.5, 0.6) is 0 Å². The number of nitrogens with one attached hydrogen (secondary N) is 1. The molecule has 1 atom stereocenters. The molecule has 2 heterocycles. The van der Waals surface area contributed by atoms with Crippen molar-refractivity contribution >= 4 is 23.4 Å². The standard InChI is InChI=1S/C29H33ClN2O3/c1-28(2)19-32(17-16-23(28)20-10-12-22(30)13-11-20)26(33)18-29(3,4)31-27(34)25-15-14-24(35-25)21-8-6-5-7-9-21/h5-15,23H,16-19H2,1-4H3,(H,31,34). The van der Waals surface area contributed by atoms with E-state index in [0.29, 0.717) is 24.8 Å². The van der Waals surface area contributed by atoms with Gasteiger partial charge in [-0.1, -0.05) is 67.9 Å². The summed E-state index contributed by atoms with van der Waals surface area (Å²) in [6.45, 7) is 9.52. The number of hydrogen-bond donors (Lipinski definition) is 1.